The fourth-order valence-corrected chi connectivity index (χ4v) is 2.74. The molecule has 2 nitrogen and oxygen atoms in total. The van der Waals surface area contributed by atoms with Gasteiger partial charge in [0.05, 0.1) is 0 Å². The monoisotopic (exact) mass is 332 g/mol. The van der Waals surface area contributed by atoms with Crippen LogP contribution in [0.25, 0.3) is 0 Å². The van der Waals surface area contributed by atoms with Gasteiger partial charge in [-0.15, -0.1) is 0 Å². The van der Waals surface area contributed by atoms with E-state index in [0.29, 0.717) is 6.54 Å². The largest absolute Gasteiger partial charge is 0.329 e. The van der Waals surface area contributed by atoms with E-state index in [1.165, 1.54) is 0 Å². The summed E-state index contributed by atoms with van der Waals surface area (Å²) in [6, 6.07) is 6.12. The van der Waals surface area contributed by atoms with Crippen molar-refractivity contribution in [2.45, 2.75) is 38.8 Å². The second kappa shape index (κ2) is 6.38. The van der Waals surface area contributed by atoms with Gasteiger partial charge in [0.1, 0.15) is 0 Å². The Labute approximate surface area is 124 Å². The average Bonchev–Trinajstić information content (AvgIpc) is 2.32. The number of rotatable bonds is 5. The Morgan fingerprint density at radius 3 is 2.50 bits per heavy atom. The molecule has 1 aromatic rings. The van der Waals surface area contributed by atoms with Crippen LogP contribution in [0.3, 0.4) is 0 Å². The van der Waals surface area contributed by atoms with Gasteiger partial charge in [0, 0.05) is 27.6 Å². The van der Waals surface area contributed by atoms with E-state index in [1.54, 1.807) is 0 Å². The summed E-state index contributed by atoms with van der Waals surface area (Å²) in [5.41, 5.74) is 7.14. The minimum absolute atomic E-state index is 0.0977. The van der Waals surface area contributed by atoms with Gasteiger partial charge in [-0.25, -0.2) is 0 Å². The zero-order chi connectivity index (χ0) is 13.9. The molecule has 0 aliphatic heterocycles. The van der Waals surface area contributed by atoms with Crippen LogP contribution in [0.1, 0.15) is 38.8 Å². The zero-order valence-corrected chi connectivity index (χ0v) is 13.8. The molecule has 0 bridgehead atoms. The predicted octanol–water partition coefficient (Wildman–Crippen LogP) is 4.22. The molecule has 1 aromatic carbocycles. The molecule has 0 aliphatic carbocycles. The molecule has 1 rings (SSSR count). The number of likely N-dealkylation sites (N-methyl/N-ethyl adjacent to an activating group) is 1. The van der Waals surface area contributed by atoms with E-state index in [9.17, 15) is 0 Å². The van der Waals surface area contributed by atoms with Gasteiger partial charge in [-0.1, -0.05) is 40.5 Å². The molecular weight excluding hydrogens is 312 g/mol. The number of nitrogens with two attached hydrogens (primary N) is 1. The van der Waals surface area contributed by atoms with Gasteiger partial charge in [-0.05, 0) is 45.0 Å². The second-order valence-electron chi connectivity index (χ2n) is 5.19. The molecule has 0 fully saturated rings. The first-order chi connectivity index (χ1) is 8.33. The Hall–Kier alpha value is -0.0900. The predicted molar refractivity (Wildman–Crippen MR) is 83.1 cm³/mol. The van der Waals surface area contributed by atoms with Gasteiger partial charge in [0.15, 0.2) is 0 Å². The third-order valence-electron chi connectivity index (χ3n) is 3.83. The van der Waals surface area contributed by atoms with Crippen molar-refractivity contribution >= 4 is 27.5 Å². The molecule has 1 atom stereocenters. The SMILES string of the molecule is CCC(C)(C)N(C)C(CN)c1ccc(Br)cc1Cl. The summed E-state index contributed by atoms with van der Waals surface area (Å²) in [6.45, 7) is 7.19. The van der Waals surface area contributed by atoms with Gasteiger partial charge in [-0.3, -0.25) is 4.90 Å². The van der Waals surface area contributed by atoms with E-state index in [-0.39, 0.29) is 11.6 Å². The highest BCUT2D eigenvalue weighted by Gasteiger charge is 2.29. The summed E-state index contributed by atoms with van der Waals surface area (Å²) < 4.78 is 0.990. The summed E-state index contributed by atoms with van der Waals surface area (Å²) in [4.78, 5) is 2.31. The van der Waals surface area contributed by atoms with E-state index >= 15 is 0 Å². The van der Waals surface area contributed by atoms with Crippen LogP contribution in [0.5, 0.6) is 0 Å². The molecule has 0 spiro atoms. The Morgan fingerprint density at radius 2 is 2.06 bits per heavy atom. The van der Waals surface area contributed by atoms with E-state index in [1.807, 2.05) is 18.2 Å². The minimum atomic E-state index is 0.0977. The second-order valence-corrected chi connectivity index (χ2v) is 6.52. The Morgan fingerprint density at radius 1 is 1.44 bits per heavy atom. The van der Waals surface area contributed by atoms with Crippen molar-refractivity contribution in [3.63, 3.8) is 0 Å². The Kier molecular flexibility index (Phi) is 5.66. The first kappa shape index (κ1) is 16.0. The van der Waals surface area contributed by atoms with Crippen molar-refractivity contribution in [2.75, 3.05) is 13.6 Å². The highest BCUT2D eigenvalue weighted by molar-refractivity contribution is 9.10. The molecule has 0 aromatic heterocycles. The van der Waals surface area contributed by atoms with Crippen LogP contribution in [0, 0.1) is 0 Å². The first-order valence-electron chi connectivity index (χ1n) is 6.21. The summed E-state index contributed by atoms with van der Waals surface area (Å²) in [7, 11) is 2.11. The number of hydrogen-bond donors (Lipinski definition) is 1. The van der Waals surface area contributed by atoms with Gasteiger partial charge in [0.2, 0.25) is 0 Å². The lowest BCUT2D eigenvalue weighted by Crippen LogP contribution is -2.45. The van der Waals surface area contributed by atoms with Crippen LogP contribution in [-0.4, -0.2) is 24.0 Å². The average molecular weight is 334 g/mol. The molecule has 0 radical (unpaired) electrons. The van der Waals surface area contributed by atoms with Gasteiger partial charge in [0.25, 0.3) is 0 Å². The van der Waals surface area contributed by atoms with Crippen molar-refractivity contribution in [2.24, 2.45) is 5.73 Å². The minimum Gasteiger partial charge on any atom is -0.329 e. The summed E-state index contributed by atoms with van der Waals surface area (Å²) in [6.07, 6.45) is 1.06. The topological polar surface area (TPSA) is 29.3 Å². The van der Waals surface area contributed by atoms with Crippen molar-refractivity contribution in [3.8, 4) is 0 Å². The van der Waals surface area contributed by atoms with E-state index < -0.39 is 0 Å². The molecule has 4 heteroatoms. The maximum absolute atomic E-state index is 6.33. The Balaban J connectivity index is 3.10. The third kappa shape index (κ3) is 3.47. The van der Waals surface area contributed by atoms with Crippen LogP contribution >= 0.6 is 27.5 Å². The zero-order valence-electron chi connectivity index (χ0n) is 11.5. The molecule has 0 heterocycles. The van der Waals surface area contributed by atoms with Crippen LogP contribution in [0.15, 0.2) is 22.7 Å². The molecule has 1 unspecified atom stereocenters. The molecule has 2 N–H and O–H groups in total. The highest BCUT2D eigenvalue weighted by atomic mass is 79.9. The van der Waals surface area contributed by atoms with Crippen molar-refractivity contribution in [1.29, 1.82) is 0 Å². The quantitative estimate of drug-likeness (QED) is 0.874. The fourth-order valence-electron chi connectivity index (χ4n) is 1.94. The standard InChI is InChI=1S/C14H22BrClN2/c1-5-14(2,3)18(4)13(9-17)11-7-6-10(15)8-12(11)16/h6-8,13H,5,9,17H2,1-4H3. The lowest BCUT2D eigenvalue weighted by molar-refractivity contribution is 0.101. The molecule has 0 saturated carbocycles. The molecule has 18 heavy (non-hydrogen) atoms. The lowest BCUT2D eigenvalue weighted by atomic mass is 9.95. The molecule has 0 amide bonds. The summed E-state index contributed by atoms with van der Waals surface area (Å²) >= 11 is 9.76. The van der Waals surface area contributed by atoms with Crippen molar-refractivity contribution in [3.05, 3.63) is 33.3 Å². The number of benzene rings is 1. The number of nitrogens with zero attached hydrogens (tertiary/aromatic N) is 1. The maximum atomic E-state index is 6.33. The third-order valence-corrected chi connectivity index (χ3v) is 4.65. The fraction of sp³-hybridized carbons (Fsp3) is 0.571. The van der Waals surface area contributed by atoms with Gasteiger partial charge in [-0.2, -0.15) is 0 Å². The maximum Gasteiger partial charge on any atom is 0.0487 e. The molecule has 102 valence electrons. The first-order valence-corrected chi connectivity index (χ1v) is 7.38. The van der Waals surface area contributed by atoms with E-state index in [2.05, 4.69) is 48.6 Å². The van der Waals surface area contributed by atoms with Crippen LogP contribution in [-0.2, 0) is 0 Å². The molecule has 0 saturated heterocycles. The van der Waals surface area contributed by atoms with Crippen LogP contribution in [0.4, 0.5) is 0 Å². The number of halogens is 2. The lowest BCUT2D eigenvalue weighted by Gasteiger charge is -2.40. The van der Waals surface area contributed by atoms with Gasteiger partial charge >= 0.3 is 0 Å². The Bertz CT molecular complexity index is 407. The van der Waals surface area contributed by atoms with Crippen LogP contribution in [0.2, 0.25) is 5.02 Å². The number of hydrogen-bond acceptors (Lipinski definition) is 2. The van der Waals surface area contributed by atoms with E-state index in [0.717, 1.165) is 21.5 Å². The summed E-state index contributed by atoms with van der Waals surface area (Å²) in [5.74, 6) is 0. The highest BCUT2D eigenvalue weighted by Crippen LogP contribution is 2.33. The molecular formula is C14H22BrClN2. The van der Waals surface area contributed by atoms with Crippen molar-refractivity contribution in [1.82, 2.24) is 4.90 Å². The normalized spacial score (nSPS) is 14.0. The van der Waals surface area contributed by atoms with Crippen LogP contribution < -0.4 is 5.73 Å². The van der Waals surface area contributed by atoms with Crippen molar-refractivity contribution < 1.29 is 0 Å². The van der Waals surface area contributed by atoms with E-state index in [4.69, 9.17) is 17.3 Å². The summed E-state index contributed by atoms with van der Waals surface area (Å²) in [5, 5.41) is 0.763. The smallest absolute Gasteiger partial charge is 0.0487 e. The molecule has 0 aliphatic rings. The van der Waals surface area contributed by atoms with Gasteiger partial charge < -0.3 is 5.73 Å².